The predicted octanol–water partition coefficient (Wildman–Crippen LogP) is 2.01. The minimum atomic E-state index is -0.540. The minimum absolute atomic E-state index is 0.00414. The smallest absolute Gasteiger partial charge is 0.293 e. The first-order valence-electron chi connectivity index (χ1n) is 8.94. The summed E-state index contributed by atoms with van der Waals surface area (Å²) in [7, 11) is 0. The molecule has 144 valence electrons. The lowest BCUT2D eigenvalue weighted by Gasteiger charge is -2.35. The van der Waals surface area contributed by atoms with E-state index in [2.05, 4.69) is 15.2 Å². The summed E-state index contributed by atoms with van der Waals surface area (Å²) in [6.07, 6.45) is 1.99. The van der Waals surface area contributed by atoms with Gasteiger partial charge in [0.15, 0.2) is 0 Å². The van der Waals surface area contributed by atoms with Crippen LogP contribution in [0.3, 0.4) is 0 Å². The van der Waals surface area contributed by atoms with Crippen molar-refractivity contribution in [1.29, 1.82) is 5.26 Å². The second-order valence-electron chi connectivity index (χ2n) is 6.33. The predicted molar refractivity (Wildman–Crippen MR) is 104 cm³/mol. The van der Waals surface area contributed by atoms with Crippen molar-refractivity contribution in [1.82, 2.24) is 9.88 Å². The molecule has 0 saturated carbocycles. The fourth-order valence-corrected chi connectivity index (χ4v) is 3.09. The van der Waals surface area contributed by atoms with E-state index in [0.717, 1.165) is 18.9 Å². The van der Waals surface area contributed by atoms with Crippen LogP contribution in [-0.2, 0) is 4.79 Å². The lowest BCUT2D eigenvalue weighted by molar-refractivity contribution is -0.384. The molecule has 3 rings (SSSR count). The fourth-order valence-electron chi connectivity index (χ4n) is 3.09. The molecular weight excluding hydrogens is 360 g/mol. The van der Waals surface area contributed by atoms with E-state index in [1.54, 1.807) is 11.1 Å². The number of nitro groups is 1. The Morgan fingerprint density at radius 2 is 2.04 bits per heavy atom. The average Bonchev–Trinajstić information content (AvgIpc) is 2.74. The molecule has 1 saturated heterocycles. The van der Waals surface area contributed by atoms with Crippen LogP contribution in [-0.4, -0.2) is 53.4 Å². The number of carbonyl (C=O) groups excluding carboxylic acids is 1. The molecule has 1 N–H and O–H groups in total. The van der Waals surface area contributed by atoms with Crippen LogP contribution in [0.4, 0.5) is 17.2 Å². The van der Waals surface area contributed by atoms with Gasteiger partial charge in [-0.1, -0.05) is 6.07 Å². The lowest BCUT2D eigenvalue weighted by Crippen LogP contribution is -2.49. The Hall–Kier alpha value is -3.67. The number of carbonyl (C=O) groups is 1. The largest absolute Gasteiger partial charge is 0.379 e. The Labute approximate surface area is 162 Å². The number of benzene rings is 1. The molecule has 1 amide bonds. The van der Waals surface area contributed by atoms with E-state index in [1.165, 1.54) is 18.2 Å². The molecule has 0 unspecified atom stereocenters. The summed E-state index contributed by atoms with van der Waals surface area (Å²) in [4.78, 5) is 31.3. The van der Waals surface area contributed by atoms with E-state index in [4.69, 9.17) is 5.26 Å². The van der Waals surface area contributed by atoms with Gasteiger partial charge in [0.05, 0.1) is 16.6 Å². The van der Waals surface area contributed by atoms with Gasteiger partial charge in [0.25, 0.3) is 5.69 Å². The highest BCUT2D eigenvalue weighted by Gasteiger charge is 2.22. The Kier molecular flexibility index (Phi) is 6.01. The number of rotatable bonds is 6. The molecule has 2 aromatic rings. The highest BCUT2D eigenvalue weighted by atomic mass is 16.6. The average molecular weight is 380 g/mol. The first kappa shape index (κ1) is 19.1. The summed E-state index contributed by atoms with van der Waals surface area (Å²) >= 11 is 0. The molecule has 1 aromatic carbocycles. The van der Waals surface area contributed by atoms with E-state index < -0.39 is 4.92 Å². The SMILES string of the molecule is N#Cc1ccc(NCCC(=O)N2CCN(c3ccccn3)CC2)c([N+](=O)[O-])c1. The maximum atomic E-state index is 12.4. The van der Waals surface area contributed by atoms with Crippen LogP contribution in [0, 0.1) is 21.4 Å². The second kappa shape index (κ2) is 8.81. The number of aromatic nitrogens is 1. The number of hydrogen-bond donors (Lipinski definition) is 1. The number of pyridine rings is 1. The van der Waals surface area contributed by atoms with Crippen LogP contribution in [0.5, 0.6) is 0 Å². The molecule has 0 aliphatic carbocycles. The van der Waals surface area contributed by atoms with E-state index in [1.807, 2.05) is 24.3 Å². The van der Waals surface area contributed by atoms with Gasteiger partial charge in [-0.2, -0.15) is 5.26 Å². The van der Waals surface area contributed by atoms with Crippen LogP contribution in [0.1, 0.15) is 12.0 Å². The van der Waals surface area contributed by atoms with Gasteiger partial charge in [0.2, 0.25) is 5.91 Å². The normalized spacial score (nSPS) is 13.7. The van der Waals surface area contributed by atoms with Crippen molar-refractivity contribution >= 4 is 23.1 Å². The number of anilines is 2. The summed E-state index contributed by atoms with van der Waals surface area (Å²) in [5.41, 5.74) is 0.353. The third-order valence-corrected chi connectivity index (χ3v) is 4.58. The number of piperazine rings is 1. The molecule has 9 heteroatoms. The van der Waals surface area contributed by atoms with Crippen molar-refractivity contribution in [2.24, 2.45) is 0 Å². The number of nitrogens with one attached hydrogen (secondary N) is 1. The third kappa shape index (κ3) is 4.54. The van der Waals surface area contributed by atoms with E-state index in [-0.39, 0.29) is 30.1 Å². The van der Waals surface area contributed by atoms with Gasteiger partial charge in [0, 0.05) is 51.4 Å². The van der Waals surface area contributed by atoms with Gasteiger partial charge in [0.1, 0.15) is 11.5 Å². The highest BCUT2D eigenvalue weighted by Crippen LogP contribution is 2.25. The molecule has 28 heavy (non-hydrogen) atoms. The van der Waals surface area contributed by atoms with Crippen LogP contribution in [0.25, 0.3) is 0 Å². The zero-order chi connectivity index (χ0) is 19.9. The molecule has 2 heterocycles. The summed E-state index contributed by atoms with van der Waals surface area (Å²) in [5.74, 6) is 0.911. The van der Waals surface area contributed by atoms with E-state index in [9.17, 15) is 14.9 Å². The van der Waals surface area contributed by atoms with Gasteiger partial charge in [-0.25, -0.2) is 4.98 Å². The number of hydrogen-bond acceptors (Lipinski definition) is 7. The molecule has 9 nitrogen and oxygen atoms in total. The summed E-state index contributed by atoms with van der Waals surface area (Å²) in [5, 5.41) is 23.0. The van der Waals surface area contributed by atoms with E-state index >= 15 is 0 Å². The number of nitrogens with zero attached hydrogens (tertiary/aromatic N) is 5. The summed E-state index contributed by atoms with van der Waals surface area (Å²) in [6, 6.07) is 11.9. The van der Waals surface area contributed by atoms with Gasteiger partial charge in [-0.3, -0.25) is 14.9 Å². The van der Waals surface area contributed by atoms with Crippen molar-refractivity contribution in [2.45, 2.75) is 6.42 Å². The van der Waals surface area contributed by atoms with Gasteiger partial charge in [-0.05, 0) is 24.3 Å². The number of nitriles is 1. The highest BCUT2D eigenvalue weighted by molar-refractivity contribution is 5.77. The van der Waals surface area contributed by atoms with Crippen molar-refractivity contribution in [3.05, 3.63) is 58.3 Å². The molecule has 0 radical (unpaired) electrons. The third-order valence-electron chi connectivity index (χ3n) is 4.58. The molecule has 0 atom stereocenters. The van der Waals surface area contributed by atoms with Crippen LogP contribution in [0.2, 0.25) is 0 Å². The maximum absolute atomic E-state index is 12.4. The van der Waals surface area contributed by atoms with E-state index in [0.29, 0.717) is 18.8 Å². The topological polar surface area (TPSA) is 115 Å². The molecular formula is C19H20N6O3. The van der Waals surface area contributed by atoms with Crippen molar-refractivity contribution in [3.8, 4) is 6.07 Å². The van der Waals surface area contributed by atoms with Gasteiger partial charge < -0.3 is 15.1 Å². The first-order valence-corrected chi connectivity index (χ1v) is 8.94. The summed E-state index contributed by atoms with van der Waals surface area (Å²) in [6.45, 7) is 2.96. The molecule has 1 aliphatic heterocycles. The zero-order valence-corrected chi connectivity index (χ0v) is 15.2. The first-order chi connectivity index (χ1) is 13.6. The fraction of sp³-hybridized carbons (Fsp3) is 0.316. The second-order valence-corrected chi connectivity index (χ2v) is 6.33. The minimum Gasteiger partial charge on any atom is -0.379 e. The quantitative estimate of drug-likeness (QED) is 0.602. The Balaban J connectivity index is 1.49. The molecule has 0 spiro atoms. The van der Waals surface area contributed by atoms with Crippen LogP contribution < -0.4 is 10.2 Å². The van der Waals surface area contributed by atoms with Crippen LogP contribution >= 0.6 is 0 Å². The summed E-state index contributed by atoms with van der Waals surface area (Å²) < 4.78 is 0. The van der Waals surface area contributed by atoms with Crippen molar-refractivity contribution in [2.75, 3.05) is 42.9 Å². The Bertz CT molecular complexity index is 888. The standard InChI is InChI=1S/C19H20N6O3/c20-14-15-4-5-16(17(13-15)25(27)28)21-8-6-19(26)24-11-9-23(10-12-24)18-3-1-2-7-22-18/h1-5,7,13,21H,6,8-12H2. The maximum Gasteiger partial charge on any atom is 0.293 e. The number of amides is 1. The molecule has 1 fully saturated rings. The Morgan fingerprint density at radius 3 is 2.68 bits per heavy atom. The lowest BCUT2D eigenvalue weighted by atomic mass is 10.2. The van der Waals surface area contributed by atoms with Crippen LogP contribution in [0.15, 0.2) is 42.6 Å². The number of nitro benzene ring substituents is 1. The zero-order valence-electron chi connectivity index (χ0n) is 15.2. The monoisotopic (exact) mass is 380 g/mol. The molecule has 1 aliphatic rings. The molecule has 1 aromatic heterocycles. The van der Waals surface area contributed by atoms with Gasteiger partial charge in [-0.15, -0.1) is 0 Å². The molecule has 0 bridgehead atoms. The van der Waals surface area contributed by atoms with Crippen molar-refractivity contribution in [3.63, 3.8) is 0 Å². The van der Waals surface area contributed by atoms with Crippen molar-refractivity contribution < 1.29 is 9.72 Å². The Morgan fingerprint density at radius 1 is 1.25 bits per heavy atom. The van der Waals surface area contributed by atoms with Gasteiger partial charge >= 0.3 is 0 Å².